The smallest absolute Gasteiger partial charge is 0.423 e. The summed E-state index contributed by atoms with van der Waals surface area (Å²) >= 11 is 1.66. The van der Waals surface area contributed by atoms with Gasteiger partial charge in [0.15, 0.2) is 0 Å². The van der Waals surface area contributed by atoms with Crippen LogP contribution in [0.1, 0.15) is 5.56 Å². The fourth-order valence-electron chi connectivity index (χ4n) is 0.943. The third kappa shape index (κ3) is 2.00. The lowest BCUT2D eigenvalue weighted by molar-refractivity contribution is 0.422. The van der Waals surface area contributed by atoms with Crippen LogP contribution in [-0.2, 0) is 0 Å². The van der Waals surface area contributed by atoms with Crippen LogP contribution in [0.4, 0.5) is 8.78 Å². The molecular weight excluding hydrogens is 292 g/mol. The van der Waals surface area contributed by atoms with Crippen molar-refractivity contribution in [1.82, 2.24) is 0 Å². The Morgan fingerprint density at radius 2 is 1.85 bits per heavy atom. The molecule has 0 radical (unpaired) electrons. The van der Waals surface area contributed by atoms with E-state index in [-0.39, 0.29) is 14.6 Å². The fourth-order valence-corrected chi connectivity index (χ4v) is 1.68. The molecule has 0 fully saturated rings. The van der Waals surface area contributed by atoms with Crippen LogP contribution in [0.25, 0.3) is 0 Å². The summed E-state index contributed by atoms with van der Waals surface area (Å²) in [6.45, 7) is 1.25. The number of hydrogen-bond acceptors (Lipinski definition) is 2. The second kappa shape index (κ2) is 3.89. The van der Waals surface area contributed by atoms with Crippen LogP contribution in [0.2, 0.25) is 0 Å². The van der Waals surface area contributed by atoms with E-state index in [2.05, 4.69) is 0 Å². The topological polar surface area (TPSA) is 40.5 Å². The lowest BCUT2D eigenvalue weighted by Gasteiger charge is -2.07. The Morgan fingerprint density at radius 1 is 1.31 bits per heavy atom. The monoisotopic (exact) mass is 298 g/mol. The molecule has 2 nitrogen and oxygen atoms in total. The Bertz CT molecular complexity index is 344. The van der Waals surface area contributed by atoms with Crippen molar-refractivity contribution >= 4 is 35.2 Å². The van der Waals surface area contributed by atoms with Crippen LogP contribution in [-0.4, -0.2) is 17.2 Å². The van der Waals surface area contributed by atoms with Gasteiger partial charge in [-0.2, -0.15) is 0 Å². The zero-order valence-electron chi connectivity index (χ0n) is 6.68. The quantitative estimate of drug-likeness (QED) is 0.452. The van der Waals surface area contributed by atoms with E-state index < -0.39 is 18.8 Å². The predicted octanol–water partition coefficient (Wildman–Crippen LogP) is 0.558. The molecular formula is C7H6BF2IO2. The molecule has 0 saturated carbocycles. The summed E-state index contributed by atoms with van der Waals surface area (Å²) in [5, 5.41) is 17.5. The molecule has 0 bridgehead atoms. The molecule has 1 aromatic carbocycles. The fraction of sp³-hybridized carbons (Fsp3) is 0.143. The Hall–Kier alpha value is -0.205. The highest BCUT2D eigenvalue weighted by Crippen LogP contribution is 2.16. The van der Waals surface area contributed by atoms with E-state index in [0.717, 1.165) is 6.07 Å². The van der Waals surface area contributed by atoms with Crippen molar-refractivity contribution in [2.45, 2.75) is 6.92 Å². The highest BCUT2D eigenvalue weighted by atomic mass is 127. The zero-order valence-corrected chi connectivity index (χ0v) is 8.84. The maximum Gasteiger partial charge on any atom is 0.491 e. The van der Waals surface area contributed by atoms with Gasteiger partial charge in [-0.05, 0) is 35.6 Å². The lowest BCUT2D eigenvalue weighted by Crippen LogP contribution is -2.34. The van der Waals surface area contributed by atoms with Crippen molar-refractivity contribution < 1.29 is 18.8 Å². The highest BCUT2D eigenvalue weighted by molar-refractivity contribution is 14.1. The van der Waals surface area contributed by atoms with Crippen molar-refractivity contribution in [2.75, 3.05) is 0 Å². The Morgan fingerprint density at radius 3 is 2.31 bits per heavy atom. The zero-order chi connectivity index (χ0) is 10.2. The molecule has 0 aliphatic carbocycles. The average molecular weight is 298 g/mol. The minimum Gasteiger partial charge on any atom is -0.423 e. The van der Waals surface area contributed by atoms with Gasteiger partial charge in [0.25, 0.3) is 0 Å². The second-order valence-corrected chi connectivity index (χ2v) is 3.74. The van der Waals surface area contributed by atoms with E-state index in [4.69, 9.17) is 10.0 Å². The first-order chi connectivity index (χ1) is 5.95. The van der Waals surface area contributed by atoms with Crippen molar-refractivity contribution in [2.24, 2.45) is 0 Å². The van der Waals surface area contributed by atoms with Gasteiger partial charge >= 0.3 is 7.12 Å². The highest BCUT2D eigenvalue weighted by Gasteiger charge is 2.21. The Labute approximate surface area is 87.9 Å². The van der Waals surface area contributed by atoms with Gasteiger partial charge in [0.05, 0.1) is 0 Å². The summed E-state index contributed by atoms with van der Waals surface area (Å²) in [5.74, 6) is -1.57. The van der Waals surface area contributed by atoms with Gasteiger partial charge in [-0.25, -0.2) is 8.78 Å². The largest absolute Gasteiger partial charge is 0.491 e. The lowest BCUT2D eigenvalue weighted by atomic mass is 9.79. The standard InChI is InChI=1S/C7H6BF2IO2/c1-3-6(9)4(8(12)13)2-5(11)7(3)10/h2,12-13H,1H3. The number of halogens is 3. The third-order valence-corrected chi connectivity index (χ3v) is 2.47. The summed E-state index contributed by atoms with van der Waals surface area (Å²) < 4.78 is 26.3. The number of hydrogen-bond donors (Lipinski definition) is 2. The minimum absolute atomic E-state index is 0.166. The first-order valence-electron chi connectivity index (χ1n) is 3.45. The van der Waals surface area contributed by atoms with Gasteiger partial charge in [0.2, 0.25) is 0 Å². The van der Waals surface area contributed by atoms with Gasteiger partial charge in [-0.3, -0.25) is 0 Å². The van der Waals surface area contributed by atoms with E-state index in [1.807, 2.05) is 0 Å². The first-order valence-corrected chi connectivity index (χ1v) is 4.53. The van der Waals surface area contributed by atoms with E-state index in [0.29, 0.717) is 0 Å². The molecule has 1 aromatic rings. The van der Waals surface area contributed by atoms with Crippen LogP contribution in [0.15, 0.2) is 6.07 Å². The van der Waals surface area contributed by atoms with E-state index in [1.165, 1.54) is 6.92 Å². The minimum atomic E-state index is -1.91. The molecule has 6 heteroatoms. The number of rotatable bonds is 1. The van der Waals surface area contributed by atoms with Crippen molar-refractivity contribution in [1.29, 1.82) is 0 Å². The molecule has 0 heterocycles. The molecule has 0 atom stereocenters. The molecule has 70 valence electrons. The average Bonchev–Trinajstić information content (AvgIpc) is 2.07. The molecule has 2 N–H and O–H groups in total. The Balaban J connectivity index is 3.41. The second-order valence-electron chi connectivity index (χ2n) is 2.57. The van der Waals surface area contributed by atoms with Crippen LogP contribution in [0.3, 0.4) is 0 Å². The van der Waals surface area contributed by atoms with Crippen LogP contribution >= 0.6 is 22.6 Å². The van der Waals surface area contributed by atoms with Gasteiger partial charge in [0.1, 0.15) is 11.6 Å². The molecule has 0 amide bonds. The van der Waals surface area contributed by atoms with Crippen LogP contribution in [0, 0.1) is 22.1 Å². The predicted molar refractivity (Wildman–Crippen MR) is 53.6 cm³/mol. The summed E-state index contributed by atoms with van der Waals surface area (Å²) in [5.41, 5.74) is -0.502. The summed E-state index contributed by atoms with van der Waals surface area (Å²) in [6.07, 6.45) is 0. The van der Waals surface area contributed by atoms with E-state index in [9.17, 15) is 8.78 Å². The number of benzene rings is 1. The molecule has 0 spiro atoms. The SMILES string of the molecule is Cc1c(F)c(I)cc(B(O)O)c1F. The molecule has 0 aliphatic heterocycles. The van der Waals surface area contributed by atoms with Crippen molar-refractivity contribution in [3.8, 4) is 0 Å². The van der Waals surface area contributed by atoms with Gasteiger partial charge in [-0.1, -0.05) is 0 Å². The van der Waals surface area contributed by atoms with Crippen molar-refractivity contribution in [3.05, 3.63) is 26.8 Å². The molecule has 0 aromatic heterocycles. The van der Waals surface area contributed by atoms with Gasteiger partial charge in [0, 0.05) is 14.6 Å². The van der Waals surface area contributed by atoms with E-state index >= 15 is 0 Å². The molecule has 0 unspecified atom stereocenters. The Kier molecular flexibility index (Phi) is 3.25. The van der Waals surface area contributed by atoms with Crippen LogP contribution in [0.5, 0.6) is 0 Å². The summed E-state index contributed by atoms with van der Waals surface area (Å²) in [7, 11) is -1.91. The summed E-state index contributed by atoms with van der Waals surface area (Å²) in [6, 6.07) is 1.07. The van der Waals surface area contributed by atoms with Gasteiger partial charge in [-0.15, -0.1) is 0 Å². The molecule has 13 heavy (non-hydrogen) atoms. The molecule has 1 rings (SSSR count). The van der Waals surface area contributed by atoms with Gasteiger partial charge < -0.3 is 10.0 Å². The molecule has 0 aliphatic rings. The van der Waals surface area contributed by atoms with Crippen molar-refractivity contribution in [3.63, 3.8) is 0 Å². The van der Waals surface area contributed by atoms with Crippen LogP contribution < -0.4 is 5.46 Å². The maximum atomic E-state index is 13.1. The third-order valence-electron chi connectivity index (χ3n) is 1.68. The molecule has 0 saturated heterocycles. The normalized spacial score (nSPS) is 10.3. The first kappa shape index (κ1) is 10.9. The maximum absolute atomic E-state index is 13.1. The van der Waals surface area contributed by atoms with E-state index in [1.54, 1.807) is 22.6 Å². The summed E-state index contributed by atoms with van der Waals surface area (Å²) in [4.78, 5) is 0.